The molecule has 0 radical (unpaired) electrons. The summed E-state index contributed by atoms with van der Waals surface area (Å²) in [5.74, 6) is 0.831. The number of hydrogen-bond donors (Lipinski definition) is 2. The molecule has 8 nitrogen and oxygen atoms in total. The lowest BCUT2D eigenvalue weighted by Crippen LogP contribution is -2.50. The first-order valence-corrected chi connectivity index (χ1v) is 11.4. The number of carbonyl (C=O) groups excluding carboxylic acids is 1. The number of methoxy groups -OCH3 is 2. The molecule has 2 N–H and O–H groups in total. The normalized spacial score (nSPS) is 17.5. The Labute approximate surface area is 202 Å². The number of aliphatic hydroxyl groups is 1. The number of rotatable bonds is 12. The highest BCUT2D eigenvalue weighted by Crippen LogP contribution is 2.28. The minimum atomic E-state index is -1.12. The van der Waals surface area contributed by atoms with E-state index in [1.54, 1.807) is 0 Å². The zero-order chi connectivity index (χ0) is 23.7. The second-order valence-electron chi connectivity index (χ2n) is 7.60. The van der Waals surface area contributed by atoms with Crippen molar-refractivity contribution in [3.05, 3.63) is 64.1 Å². The van der Waals surface area contributed by atoms with Crippen LogP contribution in [-0.2, 0) is 25.4 Å². The molecule has 0 unspecified atom stereocenters. The molecule has 3 rings (SSSR count). The number of aliphatic imine (C=N–C) groups is 1. The van der Waals surface area contributed by atoms with Crippen molar-refractivity contribution in [2.24, 2.45) is 4.99 Å². The molecular weight excluding hydrogens is 492 g/mol. The third-order valence-electron chi connectivity index (χ3n) is 5.22. The third kappa shape index (κ3) is 6.77. The Kier molecular flexibility index (Phi) is 9.25. The first-order valence-electron chi connectivity index (χ1n) is 10.6. The third-order valence-corrected chi connectivity index (χ3v) is 5.75. The van der Waals surface area contributed by atoms with Gasteiger partial charge in [0.1, 0.15) is 12.4 Å². The van der Waals surface area contributed by atoms with E-state index in [1.165, 1.54) is 14.2 Å². The van der Waals surface area contributed by atoms with Crippen LogP contribution in [0.3, 0.4) is 0 Å². The Balaban J connectivity index is 1.81. The van der Waals surface area contributed by atoms with Crippen molar-refractivity contribution < 1.29 is 28.8 Å². The number of hydrogen-bond acceptors (Lipinski definition) is 7. The molecule has 1 heterocycles. The van der Waals surface area contributed by atoms with Gasteiger partial charge in [0, 0.05) is 43.7 Å². The Hall–Kier alpha value is -2.46. The maximum atomic E-state index is 13.3. The summed E-state index contributed by atoms with van der Waals surface area (Å²) in [6.07, 6.45) is 0.392. The van der Waals surface area contributed by atoms with Gasteiger partial charge >= 0.3 is 0 Å². The van der Waals surface area contributed by atoms with E-state index in [0.29, 0.717) is 31.1 Å². The van der Waals surface area contributed by atoms with Gasteiger partial charge in [0.05, 0.1) is 13.2 Å². The van der Waals surface area contributed by atoms with Crippen LogP contribution in [0.5, 0.6) is 5.75 Å². The van der Waals surface area contributed by atoms with Gasteiger partial charge in [-0.1, -0.05) is 28.1 Å². The molecule has 1 aliphatic rings. The first-order chi connectivity index (χ1) is 16.0. The Morgan fingerprint density at radius 3 is 2.52 bits per heavy atom. The van der Waals surface area contributed by atoms with E-state index < -0.39 is 11.8 Å². The predicted octanol–water partition coefficient (Wildman–Crippen LogP) is 2.70. The molecule has 2 aromatic carbocycles. The lowest BCUT2D eigenvalue weighted by Gasteiger charge is -2.24. The molecular formula is C24H29BrN2O6. The number of amides is 1. The number of nitrogens with one attached hydrogen (secondary N) is 1. The van der Waals surface area contributed by atoms with Gasteiger partial charge in [-0.05, 0) is 42.0 Å². The summed E-state index contributed by atoms with van der Waals surface area (Å²) in [7, 11) is 3.04. The van der Waals surface area contributed by atoms with Gasteiger partial charge in [-0.15, -0.1) is 0 Å². The van der Waals surface area contributed by atoms with Gasteiger partial charge in [0.15, 0.2) is 11.8 Å². The highest BCUT2D eigenvalue weighted by Gasteiger charge is 2.44. The molecule has 0 fully saturated rings. The smallest absolute Gasteiger partial charge is 0.252 e. The fourth-order valence-corrected chi connectivity index (χ4v) is 3.64. The lowest BCUT2D eigenvalue weighted by atomic mass is 9.91. The van der Waals surface area contributed by atoms with Crippen molar-refractivity contribution in [3.8, 4) is 5.75 Å². The Morgan fingerprint density at radius 2 is 1.88 bits per heavy atom. The van der Waals surface area contributed by atoms with Crippen LogP contribution < -0.4 is 10.1 Å². The zero-order valence-electron chi connectivity index (χ0n) is 18.8. The molecule has 0 saturated heterocycles. The highest BCUT2D eigenvalue weighted by atomic mass is 79.9. The second kappa shape index (κ2) is 12.1. The molecule has 33 heavy (non-hydrogen) atoms. The number of carbonyl (C=O) groups is 1. The van der Waals surface area contributed by atoms with Crippen molar-refractivity contribution in [2.75, 3.05) is 40.6 Å². The maximum Gasteiger partial charge on any atom is 0.252 e. The van der Waals surface area contributed by atoms with Crippen LogP contribution in [0.2, 0.25) is 0 Å². The number of aliphatic hydroxyl groups excluding tert-OH is 1. The van der Waals surface area contributed by atoms with Gasteiger partial charge in [-0.2, -0.15) is 0 Å². The summed E-state index contributed by atoms with van der Waals surface area (Å²) in [5.41, 5.74) is 0.595. The predicted molar refractivity (Wildman–Crippen MR) is 128 cm³/mol. The molecule has 0 aromatic heterocycles. The van der Waals surface area contributed by atoms with Crippen molar-refractivity contribution in [2.45, 2.75) is 24.7 Å². The first kappa shape index (κ1) is 25.2. The van der Waals surface area contributed by atoms with Crippen LogP contribution in [-0.4, -0.2) is 69.3 Å². The largest absolute Gasteiger partial charge is 0.494 e. The van der Waals surface area contributed by atoms with E-state index >= 15 is 0 Å². The Bertz CT molecular complexity index is 931. The molecule has 178 valence electrons. The van der Waals surface area contributed by atoms with Crippen LogP contribution in [0.25, 0.3) is 0 Å². The van der Waals surface area contributed by atoms with E-state index in [9.17, 15) is 4.79 Å². The minimum absolute atomic E-state index is 0.0841. The van der Waals surface area contributed by atoms with Crippen LogP contribution in [0.15, 0.2) is 58.0 Å². The molecule has 1 amide bonds. The summed E-state index contributed by atoms with van der Waals surface area (Å²) in [6.45, 7) is 0.830. The molecule has 1 aliphatic heterocycles. The average Bonchev–Trinajstić information content (AvgIpc) is 3.27. The van der Waals surface area contributed by atoms with Crippen LogP contribution in [0.4, 0.5) is 0 Å². The van der Waals surface area contributed by atoms with Gasteiger partial charge in [0.25, 0.3) is 5.91 Å². The topological polar surface area (TPSA) is 98.6 Å². The van der Waals surface area contributed by atoms with Crippen LogP contribution in [0, 0.1) is 0 Å². The van der Waals surface area contributed by atoms with E-state index in [2.05, 4.69) is 21.2 Å². The van der Waals surface area contributed by atoms with E-state index in [1.807, 2.05) is 48.5 Å². The summed E-state index contributed by atoms with van der Waals surface area (Å²) >= 11 is 3.44. The lowest BCUT2D eigenvalue weighted by molar-refractivity contribution is -0.132. The summed E-state index contributed by atoms with van der Waals surface area (Å²) < 4.78 is 22.8. The highest BCUT2D eigenvalue weighted by molar-refractivity contribution is 9.10. The summed E-state index contributed by atoms with van der Waals surface area (Å²) in [6, 6.07) is 15.1. The number of halogens is 1. The van der Waals surface area contributed by atoms with Crippen molar-refractivity contribution in [1.29, 1.82) is 0 Å². The Morgan fingerprint density at radius 1 is 1.18 bits per heavy atom. The fraction of sp³-hybridized carbons (Fsp3) is 0.417. The van der Waals surface area contributed by atoms with Crippen molar-refractivity contribution in [3.63, 3.8) is 0 Å². The van der Waals surface area contributed by atoms with E-state index in [-0.39, 0.29) is 25.7 Å². The molecule has 1 atom stereocenters. The summed E-state index contributed by atoms with van der Waals surface area (Å²) in [4.78, 5) is 18.1. The van der Waals surface area contributed by atoms with Crippen LogP contribution in [0.1, 0.15) is 17.5 Å². The number of nitrogens with zero attached hydrogens (tertiary/aromatic N) is 1. The van der Waals surface area contributed by atoms with E-state index in [0.717, 1.165) is 15.6 Å². The fourth-order valence-electron chi connectivity index (χ4n) is 3.37. The van der Waals surface area contributed by atoms with Gasteiger partial charge < -0.3 is 29.4 Å². The molecule has 9 heteroatoms. The molecule has 2 aromatic rings. The zero-order valence-corrected chi connectivity index (χ0v) is 20.3. The van der Waals surface area contributed by atoms with Crippen molar-refractivity contribution >= 4 is 27.7 Å². The van der Waals surface area contributed by atoms with Gasteiger partial charge in [-0.25, -0.2) is 4.99 Å². The molecule has 0 aliphatic carbocycles. The molecule has 0 saturated carbocycles. The SMILES string of the molecule is COC(CNC(=O)[C@@]1(Cc2ccc(Br)cc2)COC(c2ccc(OCCCO)cc2)=N1)OC. The van der Waals surface area contributed by atoms with Crippen LogP contribution >= 0.6 is 15.9 Å². The standard InChI is InChI=1S/C24H29BrN2O6/c1-30-21(31-2)15-26-23(29)24(14-17-4-8-19(25)9-5-17)16-33-22(27-24)18-6-10-20(11-7-18)32-13-3-12-28/h4-11,21,28H,3,12-16H2,1-2H3,(H,26,29)/t24-/m1/s1. The minimum Gasteiger partial charge on any atom is -0.494 e. The number of ether oxygens (including phenoxy) is 4. The van der Waals surface area contributed by atoms with Gasteiger partial charge in [-0.3, -0.25) is 4.79 Å². The quantitative estimate of drug-likeness (QED) is 0.329. The second-order valence-corrected chi connectivity index (χ2v) is 8.52. The monoisotopic (exact) mass is 520 g/mol. The average molecular weight is 521 g/mol. The summed E-state index contributed by atoms with van der Waals surface area (Å²) in [5, 5.41) is 11.8. The maximum absolute atomic E-state index is 13.3. The van der Waals surface area contributed by atoms with Gasteiger partial charge in [0.2, 0.25) is 5.90 Å². The molecule has 0 spiro atoms. The molecule has 0 bridgehead atoms. The number of benzene rings is 2. The van der Waals surface area contributed by atoms with E-state index in [4.69, 9.17) is 29.0 Å². The van der Waals surface area contributed by atoms with Crippen molar-refractivity contribution in [1.82, 2.24) is 5.32 Å².